The molecule has 5 nitrogen and oxygen atoms in total. The van der Waals surface area contributed by atoms with Gasteiger partial charge in [-0.1, -0.05) is 30.3 Å². The lowest BCUT2D eigenvalue weighted by Gasteiger charge is -2.19. The number of aliphatic imine (C=N–C) groups is 1. The summed E-state index contributed by atoms with van der Waals surface area (Å²) in [5.41, 5.74) is 2.09. The predicted octanol–water partition coefficient (Wildman–Crippen LogP) is 3.25. The molecule has 2 aromatic carbocycles. The Morgan fingerprint density at radius 3 is 2.68 bits per heavy atom. The number of hydrogen-bond acceptors (Lipinski definition) is 3. The fourth-order valence-electron chi connectivity index (χ4n) is 3.26. The van der Waals surface area contributed by atoms with Crippen LogP contribution in [0.25, 0.3) is 0 Å². The second kappa shape index (κ2) is 9.55. The van der Waals surface area contributed by atoms with Crippen LogP contribution in [0.2, 0.25) is 0 Å². The maximum absolute atomic E-state index is 13.5. The molecule has 0 aromatic heterocycles. The molecule has 2 aromatic rings. The number of benzene rings is 2. The molecule has 6 heteroatoms. The topological polar surface area (TPSA) is 54.9 Å². The van der Waals surface area contributed by atoms with Gasteiger partial charge in [0.2, 0.25) is 0 Å². The number of nitrogens with one attached hydrogen (secondary N) is 2. The summed E-state index contributed by atoms with van der Waals surface area (Å²) in [4.78, 5) is 4.26. The standard InChI is InChI=1S/C22H28FN3O2/c1-24-21(25-12-13-28-15-17-6-3-4-9-20(17)27-2)26-16-22(10-11-22)18-7-5-8-19(23)14-18/h3-9,14H,10-13,15-16H2,1-2H3,(H2,24,25,26). The first-order valence-electron chi connectivity index (χ1n) is 9.57. The minimum Gasteiger partial charge on any atom is -0.496 e. The lowest BCUT2D eigenvalue weighted by atomic mass is 9.96. The number of nitrogens with zero attached hydrogens (tertiary/aromatic N) is 1. The van der Waals surface area contributed by atoms with E-state index in [1.165, 1.54) is 6.07 Å². The van der Waals surface area contributed by atoms with E-state index in [1.54, 1.807) is 26.3 Å². The van der Waals surface area contributed by atoms with Crippen LogP contribution in [-0.4, -0.2) is 39.8 Å². The third-order valence-corrected chi connectivity index (χ3v) is 5.10. The Morgan fingerprint density at radius 2 is 1.96 bits per heavy atom. The number of halogens is 1. The first-order chi connectivity index (χ1) is 13.7. The summed E-state index contributed by atoms with van der Waals surface area (Å²) in [6.45, 7) is 2.42. The van der Waals surface area contributed by atoms with Crippen molar-refractivity contribution in [3.8, 4) is 5.75 Å². The van der Waals surface area contributed by atoms with Gasteiger partial charge in [0.05, 0.1) is 20.3 Å². The summed E-state index contributed by atoms with van der Waals surface area (Å²) in [5.74, 6) is 1.38. The van der Waals surface area contributed by atoms with Gasteiger partial charge in [0.15, 0.2) is 5.96 Å². The van der Waals surface area contributed by atoms with Gasteiger partial charge in [0.25, 0.3) is 0 Å². The van der Waals surface area contributed by atoms with E-state index in [0.29, 0.717) is 19.8 Å². The van der Waals surface area contributed by atoms with Gasteiger partial charge in [-0.3, -0.25) is 4.99 Å². The summed E-state index contributed by atoms with van der Waals surface area (Å²) in [6, 6.07) is 14.7. The van der Waals surface area contributed by atoms with Crippen molar-refractivity contribution in [2.45, 2.75) is 24.9 Å². The fourth-order valence-corrected chi connectivity index (χ4v) is 3.26. The summed E-state index contributed by atoms with van der Waals surface area (Å²) < 4.78 is 24.6. The van der Waals surface area contributed by atoms with Crippen molar-refractivity contribution in [2.24, 2.45) is 4.99 Å². The van der Waals surface area contributed by atoms with Gasteiger partial charge < -0.3 is 20.1 Å². The molecular formula is C22H28FN3O2. The summed E-state index contributed by atoms with van der Waals surface area (Å²) >= 11 is 0. The molecule has 1 saturated carbocycles. The molecule has 150 valence electrons. The molecule has 3 rings (SSSR count). The minimum absolute atomic E-state index is 0.0140. The number of ether oxygens (including phenoxy) is 2. The molecule has 0 spiro atoms. The van der Waals surface area contributed by atoms with Crippen LogP contribution < -0.4 is 15.4 Å². The molecule has 0 radical (unpaired) electrons. The van der Waals surface area contributed by atoms with Gasteiger partial charge in [-0.2, -0.15) is 0 Å². The zero-order valence-electron chi connectivity index (χ0n) is 16.5. The highest BCUT2D eigenvalue weighted by molar-refractivity contribution is 5.79. The zero-order valence-corrected chi connectivity index (χ0v) is 16.5. The SMILES string of the molecule is CN=C(NCCOCc1ccccc1OC)NCC1(c2cccc(F)c2)CC1. The highest BCUT2D eigenvalue weighted by Crippen LogP contribution is 2.47. The molecule has 0 aliphatic heterocycles. The van der Waals surface area contributed by atoms with Crippen molar-refractivity contribution in [2.75, 3.05) is 33.9 Å². The van der Waals surface area contributed by atoms with Crippen LogP contribution in [0.3, 0.4) is 0 Å². The molecule has 0 bridgehead atoms. The molecule has 0 amide bonds. The van der Waals surface area contributed by atoms with Gasteiger partial charge in [0, 0.05) is 31.1 Å². The largest absolute Gasteiger partial charge is 0.496 e. The highest BCUT2D eigenvalue weighted by Gasteiger charge is 2.44. The second-order valence-electron chi connectivity index (χ2n) is 7.01. The normalized spacial score (nSPS) is 15.2. The minimum atomic E-state index is -0.182. The van der Waals surface area contributed by atoms with Gasteiger partial charge in [-0.15, -0.1) is 0 Å². The molecule has 28 heavy (non-hydrogen) atoms. The van der Waals surface area contributed by atoms with Crippen molar-refractivity contribution in [3.05, 3.63) is 65.5 Å². The van der Waals surface area contributed by atoms with Crippen LogP contribution in [0.1, 0.15) is 24.0 Å². The average molecular weight is 385 g/mol. The van der Waals surface area contributed by atoms with Crippen molar-refractivity contribution < 1.29 is 13.9 Å². The Labute approximate surface area is 166 Å². The van der Waals surface area contributed by atoms with Crippen molar-refractivity contribution in [3.63, 3.8) is 0 Å². The number of methoxy groups -OCH3 is 1. The van der Waals surface area contributed by atoms with Crippen molar-refractivity contribution >= 4 is 5.96 Å². The molecule has 1 aliphatic carbocycles. The summed E-state index contributed by atoms with van der Waals surface area (Å²) in [7, 11) is 3.40. The van der Waals surface area contributed by atoms with Crippen LogP contribution in [0, 0.1) is 5.82 Å². The van der Waals surface area contributed by atoms with Crippen LogP contribution >= 0.6 is 0 Å². The van der Waals surface area contributed by atoms with Gasteiger partial charge in [-0.25, -0.2) is 4.39 Å². The second-order valence-corrected chi connectivity index (χ2v) is 7.01. The zero-order chi connectivity index (χ0) is 19.8. The first kappa shape index (κ1) is 20.1. The van der Waals surface area contributed by atoms with Crippen molar-refractivity contribution in [1.82, 2.24) is 10.6 Å². The van der Waals surface area contributed by atoms with E-state index < -0.39 is 0 Å². The Kier molecular flexibility index (Phi) is 6.87. The molecular weight excluding hydrogens is 357 g/mol. The molecule has 2 N–H and O–H groups in total. The smallest absolute Gasteiger partial charge is 0.191 e. The third-order valence-electron chi connectivity index (χ3n) is 5.10. The molecule has 1 aliphatic rings. The van der Waals surface area contributed by atoms with Gasteiger partial charge in [-0.05, 0) is 36.6 Å². The number of hydrogen-bond donors (Lipinski definition) is 2. The quantitative estimate of drug-likeness (QED) is 0.395. The maximum atomic E-state index is 13.5. The van der Waals surface area contributed by atoms with E-state index in [0.717, 1.165) is 42.2 Å². The number of para-hydroxylation sites is 1. The third kappa shape index (κ3) is 5.23. The Hall–Kier alpha value is -2.60. The Bertz CT molecular complexity index is 806. The molecule has 0 heterocycles. The lowest BCUT2D eigenvalue weighted by Crippen LogP contribution is -2.42. The Balaban J connectivity index is 1.39. The summed E-state index contributed by atoms with van der Waals surface area (Å²) in [6.07, 6.45) is 2.12. The van der Waals surface area contributed by atoms with E-state index in [-0.39, 0.29) is 11.2 Å². The molecule has 0 atom stereocenters. The first-order valence-corrected chi connectivity index (χ1v) is 9.57. The van der Waals surface area contributed by atoms with E-state index in [1.807, 2.05) is 30.3 Å². The van der Waals surface area contributed by atoms with Crippen LogP contribution in [-0.2, 0) is 16.8 Å². The number of guanidine groups is 1. The van der Waals surface area contributed by atoms with E-state index >= 15 is 0 Å². The van der Waals surface area contributed by atoms with Gasteiger partial charge >= 0.3 is 0 Å². The van der Waals surface area contributed by atoms with E-state index in [4.69, 9.17) is 9.47 Å². The monoisotopic (exact) mass is 385 g/mol. The molecule has 0 saturated heterocycles. The van der Waals surface area contributed by atoms with Crippen LogP contribution in [0.15, 0.2) is 53.5 Å². The average Bonchev–Trinajstić information content (AvgIpc) is 3.51. The summed E-state index contributed by atoms with van der Waals surface area (Å²) in [5, 5.41) is 6.61. The number of rotatable bonds is 9. The molecule has 0 unspecified atom stereocenters. The van der Waals surface area contributed by atoms with Crippen molar-refractivity contribution in [1.29, 1.82) is 0 Å². The predicted molar refractivity (Wildman–Crippen MR) is 109 cm³/mol. The highest BCUT2D eigenvalue weighted by atomic mass is 19.1. The Morgan fingerprint density at radius 1 is 1.14 bits per heavy atom. The van der Waals surface area contributed by atoms with E-state index in [2.05, 4.69) is 15.6 Å². The van der Waals surface area contributed by atoms with Crippen LogP contribution in [0.5, 0.6) is 5.75 Å². The lowest BCUT2D eigenvalue weighted by molar-refractivity contribution is 0.123. The van der Waals surface area contributed by atoms with E-state index in [9.17, 15) is 4.39 Å². The van der Waals surface area contributed by atoms with Crippen LogP contribution in [0.4, 0.5) is 4.39 Å². The molecule has 1 fully saturated rings. The maximum Gasteiger partial charge on any atom is 0.191 e. The van der Waals surface area contributed by atoms with Gasteiger partial charge in [0.1, 0.15) is 11.6 Å². The fraction of sp³-hybridized carbons (Fsp3) is 0.409.